The fourth-order valence-electron chi connectivity index (χ4n) is 3.25. The van der Waals surface area contributed by atoms with Crippen molar-refractivity contribution in [3.63, 3.8) is 0 Å². The van der Waals surface area contributed by atoms with Crippen LogP contribution in [0.2, 0.25) is 0 Å². The highest BCUT2D eigenvalue weighted by molar-refractivity contribution is 7.88. The second-order valence-corrected chi connectivity index (χ2v) is 8.18. The van der Waals surface area contributed by atoms with Crippen LogP contribution in [0.25, 0.3) is 5.65 Å². The molecule has 3 heterocycles. The number of aryl methyl sites for hydroxylation is 1. The summed E-state index contributed by atoms with van der Waals surface area (Å²) in [6.45, 7) is 3.37. The first kappa shape index (κ1) is 17.1. The van der Waals surface area contributed by atoms with Gasteiger partial charge in [0.2, 0.25) is 15.7 Å². The molecule has 2 aromatic rings. The van der Waals surface area contributed by atoms with Crippen molar-refractivity contribution in [3.05, 3.63) is 18.1 Å². The maximum absolute atomic E-state index is 11.9. The summed E-state index contributed by atoms with van der Waals surface area (Å²) >= 11 is 0. The van der Waals surface area contributed by atoms with Crippen molar-refractivity contribution in [1.82, 2.24) is 24.1 Å². The summed E-state index contributed by atoms with van der Waals surface area (Å²) in [7, 11) is -3.14. The highest BCUT2D eigenvalue weighted by Crippen LogP contribution is 2.23. The third-order valence-electron chi connectivity index (χ3n) is 4.47. The number of aromatic nitrogens is 4. The lowest BCUT2D eigenvalue weighted by atomic mass is 10.0. The van der Waals surface area contributed by atoms with E-state index in [0.717, 1.165) is 43.5 Å². The molecule has 1 aliphatic rings. The zero-order valence-electron chi connectivity index (χ0n) is 14.1. The predicted octanol–water partition coefficient (Wildman–Crippen LogP) is 1.30. The maximum Gasteiger partial charge on any atom is 0.211 e. The van der Waals surface area contributed by atoms with Crippen molar-refractivity contribution in [2.24, 2.45) is 0 Å². The molecule has 1 unspecified atom stereocenters. The van der Waals surface area contributed by atoms with Gasteiger partial charge in [-0.25, -0.2) is 8.42 Å². The summed E-state index contributed by atoms with van der Waals surface area (Å²) in [6.07, 6.45) is 7.44. The van der Waals surface area contributed by atoms with Gasteiger partial charge in [-0.05, 0) is 31.7 Å². The summed E-state index contributed by atoms with van der Waals surface area (Å²) in [5.74, 6) is 0. The zero-order chi connectivity index (χ0) is 17.2. The van der Waals surface area contributed by atoms with Gasteiger partial charge in [0.05, 0.1) is 17.6 Å². The summed E-state index contributed by atoms with van der Waals surface area (Å²) in [6, 6.07) is 2.06. The number of hydrogen-bond acceptors (Lipinski definition) is 6. The normalized spacial score (nSPS) is 19.7. The number of fused-ring (bicyclic) bond motifs is 1. The van der Waals surface area contributed by atoms with E-state index >= 15 is 0 Å². The molecule has 9 heteroatoms. The third-order valence-corrected chi connectivity index (χ3v) is 5.81. The number of piperidine rings is 1. The molecule has 1 atom stereocenters. The minimum atomic E-state index is -3.14. The highest BCUT2D eigenvalue weighted by Gasteiger charge is 2.28. The molecule has 0 aliphatic carbocycles. The van der Waals surface area contributed by atoms with Gasteiger partial charge in [-0.3, -0.25) is 0 Å². The van der Waals surface area contributed by atoms with Crippen molar-refractivity contribution >= 4 is 21.4 Å². The van der Waals surface area contributed by atoms with Crippen LogP contribution in [0.1, 0.15) is 38.3 Å². The van der Waals surface area contributed by atoms with Crippen LogP contribution in [0.15, 0.2) is 12.4 Å². The van der Waals surface area contributed by atoms with E-state index in [9.17, 15) is 8.42 Å². The van der Waals surface area contributed by atoms with Crippen LogP contribution < -0.4 is 5.32 Å². The standard InChI is InChI=1S/C15H24N6O2S/c1-3-12-10-14(15-18-17-11-20(15)19-12)16-8-7-13-6-4-5-9-21(13)24(2,22)23/h10-11,13,16H,3-9H2,1-2H3. The largest absolute Gasteiger partial charge is 0.382 e. The highest BCUT2D eigenvalue weighted by atomic mass is 32.2. The molecule has 0 radical (unpaired) electrons. The molecule has 1 fully saturated rings. The topological polar surface area (TPSA) is 92.5 Å². The first-order chi connectivity index (χ1) is 11.5. The van der Waals surface area contributed by atoms with Gasteiger partial charge in [-0.2, -0.15) is 13.9 Å². The summed E-state index contributed by atoms with van der Waals surface area (Å²) in [5, 5.41) is 15.8. The smallest absolute Gasteiger partial charge is 0.211 e. The van der Waals surface area contributed by atoms with Gasteiger partial charge in [0.15, 0.2) is 0 Å². The lowest BCUT2D eigenvalue weighted by Crippen LogP contribution is -2.43. The Bertz CT molecular complexity index is 803. The SMILES string of the molecule is CCc1cc(NCCC2CCCCN2S(C)(=O)=O)c2nncn2n1. The maximum atomic E-state index is 11.9. The molecular formula is C15H24N6O2S. The van der Waals surface area contributed by atoms with Gasteiger partial charge in [0.25, 0.3) is 0 Å². The van der Waals surface area contributed by atoms with Gasteiger partial charge >= 0.3 is 0 Å². The fourth-order valence-corrected chi connectivity index (χ4v) is 4.47. The van der Waals surface area contributed by atoms with Crippen LogP contribution in [0.5, 0.6) is 0 Å². The first-order valence-corrected chi connectivity index (χ1v) is 10.2. The number of nitrogens with one attached hydrogen (secondary N) is 1. The van der Waals surface area contributed by atoms with E-state index in [1.165, 1.54) is 6.26 Å². The lowest BCUT2D eigenvalue weighted by Gasteiger charge is -2.33. The minimum Gasteiger partial charge on any atom is -0.382 e. The van der Waals surface area contributed by atoms with Gasteiger partial charge in [0, 0.05) is 19.1 Å². The van der Waals surface area contributed by atoms with Crippen LogP contribution in [0.3, 0.4) is 0 Å². The number of nitrogens with zero attached hydrogens (tertiary/aromatic N) is 5. The summed E-state index contributed by atoms with van der Waals surface area (Å²) in [5.41, 5.74) is 2.54. The van der Waals surface area contributed by atoms with Crippen LogP contribution in [-0.2, 0) is 16.4 Å². The van der Waals surface area contributed by atoms with Crippen molar-refractivity contribution < 1.29 is 8.42 Å². The van der Waals surface area contributed by atoms with E-state index in [4.69, 9.17) is 0 Å². The molecule has 1 aliphatic heterocycles. The Morgan fingerprint density at radius 1 is 1.38 bits per heavy atom. The molecule has 1 N–H and O–H groups in total. The Kier molecular flexibility index (Phi) is 5.00. The lowest BCUT2D eigenvalue weighted by molar-refractivity contribution is 0.246. The van der Waals surface area contributed by atoms with Crippen LogP contribution in [0.4, 0.5) is 5.69 Å². The van der Waals surface area contributed by atoms with Gasteiger partial charge in [0.1, 0.15) is 6.33 Å². The van der Waals surface area contributed by atoms with E-state index in [0.29, 0.717) is 18.7 Å². The van der Waals surface area contributed by atoms with E-state index in [2.05, 4.69) is 20.6 Å². The Hall–Kier alpha value is -1.74. The quantitative estimate of drug-likeness (QED) is 0.842. The zero-order valence-corrected chi connectivity index (χ0v) is 15.0. The van der Waals surface area contributed by atoms with Crippen molar-refractivity contribution in [2.75, 3.05) is 24.7 Å². The molecule has 0 spiro atoms. The van der Waals surface area contributed by atoms with Crippen LogP contribution in [-0.4, -0.2) is 57.9 Å². The second-order valence-electron chi connectivity index (χ2n) is 6.24. The van der Waals surface area contributed by atoms with Crippen molar-refractivity contribution in [1.29, 1.82) is 0 Å². The molecule has 3 rings (SSSR count). The number of rotatable bonds is 6. The Morgan fingerprint density at radius 2 is 2.21 bits per heavy atom. The van der Waals surface area contributed by atoms with Gasteiger partial charge < -0.3 is 5.32 Å². The summed E-state index contributed by atoms with van der Waals surface area (Å²) in [4.78, 5) is 0. The second kappa shape index (κ2) is 7.02. The molecule has 0 saturated carbocycles. The average Bonchev–Trinajstić information content (AvgIpc) is 3.02. The molecule has 132 valence electrons. The monoisotopic (exact) mass is 352 g/mol. The van der Waals surface area contributed by atoms with E-state index in [1.54, 1.807) is 15.1 Å². The average molecular weight is 352 g/mol. The molecular weight excluding hydrogens is 328 g/mol. The minimum absolute atomic E-state index is 0.0719. The number of anilines is 1. The molecule has 0 aromatic carbocycles. The molecule has 0 bridgehead atoms. The predicted molar refractivity (Wildman–Crippen MR) is 92.5 cm³/mol. The van der Waals surface area contributed by atoms with E-state index in [1.807, 2.05) is 13.0 Å². The van der Waals surface area contributed by atoms with E-state index < -0.39 is 10.0 Å². The van der Waals surface area contributed by atoms with Crippen LogP contribution in [0, 0.1) is 0 Å². The first-order valence-electron chi connectivity index (χ1n) is 8.39. The molecule has 0 amide bonds. The van der Waals surface area contributed by atoms with Gasteiger partial charge in [-0.1, -0.05) is 13.3 Å². The Labute approximate surface area is 142 Å². The Balaban J connectivity index is 1.69. The number of hydrogen-bond donors (Lipinski definition) is 1. The fraction of sp³-hybridized carbons (Fsp3) is 0.667. The molecule has 8 nitrogen and oxygen atoms in total. The van der Waals surface area contributed by atoms with E-state index in [-0.39, 0.29) is 6.04 Å². The van der Waals surface area contributed by atoms with Crippen molar-refractivity contribution in [3.8, 4) is 0 Å². The van der Waals surface area contributed by atoms with Crippen LogP contribution >= 0.6 is 0 Å². The summed E-state index contributed by atoms with van der Waals surface area (Å²) < 4.78 is 27.2. The van der Waals surface area contributed by atoms with Gasteiger partial charge in [-0.15, -0.1) is 10.2 Å². The molecule has 24 heavy (non-hydrogen) atoms. The third kappa shape index (κ3) is 3.67. The van der Waals surface area contributed by atoms with Crippen molar-refractivity contribution in [2.45, 2.75) is 45.1 Å². The molecule has 1 saturated heterocycles. The molecule has 2 aromatic heterocycles. The number of sulfonamides is 1. The Morgan fingerprint density at radius 3 is 2.96 bits per heavy atom.